The Labute approximate surface area is 148 Å². The maximum atomic E-state index is 12.8. The molecular weight excluding hydrogens is 350 g/mol. The largest absolute Gasteiger partial charge is 0.492 e. The van der Waals surface area contributed by atoms with E-state index in [1.807, 2.05) is 13.8 Å². The minimum Gasteiger partial charge on any atom is -0.492 e. The van der Waals surface area contributed by atoms with Gasteiger partial charge in [-0.05, 0) is 44.3 Å². The van der Waals surface area contributed by atoms with Gasteiger partial charge >= 0.3 is 0 Å². The van der Waals surface area contributed by atoms with Gasteiger partial charge in [0.1, 0.15) is 5.75 Å². The number of hydrogen-bond acceptors (Lipinski definition) is 5. The Kier molecular flexibility index (Phi) is 6.79. The van der Waals surface area contributed by atoms with Crippen molar-refractivity contribution in [1.82, 2.24) is 9.62 Å². The van der Waals surface area contributed by atoms with Crippen LogP contribution in [0.4, 0.5) is 5.69 Å². The molecule has 0 aliphatic carbocycles. The maximum absolute atomic E-state index is 12.8. The summed E-state index contributed by atoms with van der Waals surface area (Å²) >= 11 is 5.19. The van der Waals surface area contributed by atoms with Crippen LogP contribution in [-0.4, -0.2) is 57.3 Å². The van der Waals surface area contributed by atoms with E-state index >= 15 is 0 Å². The number of morpholine rings is 1. The van der Waals surface area contributed by atoms with Gasteiger partial charge in [0.25, 0.3) is 0 Å². The third kappa shape index (κ3) is 4.56. The second kappa shape index (κ2) is 8.61. The first-order valence-electron chi connectivity index (χ1n) is 7.88. The van der Waals surface area contributed by atoms with E-state index in [0.29, 0.717) is 56.0 Å². The van der Waals surface area contributed by atoms with Gasteiger partial charge in [0.2, 0.25) is 10.0 Å². The third-order valence-corrected chi connectivity index (χ3v) is 5.59. The molecular formula is C15H23N3O4S2. The van der Waals surface area contributed by atoms with Crippen molar-refractivity contribution in [3.63, 3.8) is 0 Å². The summed E-state index contributed by atoms with van der Waals surface area (Å²) in [4.78, 5) is 0.203. The Morgan fingerprint density at radius 2 is 2.04 bits per heavy atom. The standard InChI is InChI=1S/C15H23N3O4S2/c1-3-16-15(23)17-13-11-12(5-6-14(13)22-4-2)24(19,20)18-7-9-21-10-8-18/h5-6,11H,3-4,7-10H2,1-2H3,(H2,16,17,23). The summed E-state index contributed by atoms with van der Waals surface area (Å²) in [6.45, 7) is 6.46. The summed E-state index contributed by atoms with van der Waals surface area (Å²) in [5.41, 5.74) is 0.525. The molecule has 0 bridgehead atoms. The molecule has 1 aliphatic heterocycles. The molecule has 1 fully saturated rings. The number of sulfonamides is 1. The van der Waals surface area contributed by atoms with Crippen LogP contribution in [0.3, 0.4) is 0 Å². The van der Waals surface area contributed by atoms with Gasteiger partial charge in [0.15, 0.2) is 5.11 Å². The molecule has 2 N–H and O–H groups in total. The fourth-order valence-corrected chi connectivity index (χ4v) is 4.00. The predicted molar refractivity (Wildman–Crippen MR) is 97.1 cm³/mol. The molecule has 134 valence electrons. The van der Waals surface area contributed by atoms with Crippen LogP contribution in [0.2, 0.25) is 0 Å². The van der Waals surface area contributed by atoms with Gasteiger partial charge < -0.3 is 20.1 Å². The minimum atomic E-state index is -3.57. The van der Waals surface area contributed by atoms with E-state index in [4.69, 9.17) is 21.7 Å². The predicted octanol–water partition coefficient (Wildman–Crippen LogP) is 1.41. The minimum absolute atomic E-state index is 0.203. The van der Waals surface area contributed by atoms with Crippen LogP contribution in [0.5, 0.6) is 5.75 Å². The smallest absolute Gasteiger partial charge is 0.243 e. The van der Waals surface area contributed by atoms with Crippen molar-refractivity contribution < 1.29 is 17.9 Å². The van der Waals surface area contributed by atoms with Crippen molar-refractivity contribution in [2.75, 3.05) is 44.8 Å². The maximum Gasteiger partial charge on any atom is 0.243 e. The first-order chi connectivity index (χ1) is 11.5. The number of ether oxygens (including phenoxy) is 2. The number of hydrogen-bond donors (Lipinski definition) is 2. The lowest BCUT2D eigenvalue weighted by Crippen LogP contribution is -2.40. The summed E-state index contributed by atoms with van der Waals surface area (Å²) in [5, 5.41) is 6.39. The second-order valence-electron chi connectivity index (χ2n) is 5.09. The van der Waals surface area contributed by atoms with Crippen molar-refractivity contribution in [3.8, 4) is 5.75 Å². The van der Waals surface area contributed by atoms with Crippen molar-refractivity contribution in [3.05, 3.63) is 18.2 Å². The normalized spacial score (nSPS) is 15.8. The fraction of sp³-hybridized carbons (Fsp3) is 0.533. The van der Waals surface area contributed by atoms with Crippen LogP contribution >= 0.6 is 12.2 Å². The molecule has 0 saturated carbocycles. The van der Waals surface area contributed by atoms with Gasteiger partial charge in [0.05, 0.1) is 30.4 Å². The molecule has 1 saturated heterocycles. The number of thiocarbonyl (C=S) groups is 1. The van der Waals surface area contributed by atoms with Crippen LogP contribution in [0.1, 0.15) is 13.8 Å². The summed E-state index contributed by atoms with van der Waals surface area (Å²) < 4.78 is 37.7. The lowest BCUT2D eigenvalue weighted by Gasteiger charge is -2.26. The molecule has 1 aliphatic rings. The summed E-state index contributed by atoms with van der Waals surface area (Å²) in [7, 11) is -3.57. The molecule has 0 amide bonds. The first kappa shape index (κ1) is 18.9. The van der Waals surface area contributed by atoms with E-state index in [-0.39, 0.29) is 4.90 Å². The van der Waals surface area contributed by atoms with Gasteiger partial charge in [-0.25, -0.2) is 8.42 Å². The van der Waals surface area contributed by atoms with Crippen LogP contribution in [0.15, 0.2) is 23.1 Å². The summed E-state index contributed by atoms with van der Waals surface area (Å²) in [6, 6.07) is 4.75. The number of rotatable bonds is 6. The summed E-state index contributed by atoms with van der Waals surface area (Å²) in [6.07, 6.45) is 0. The van der Waals surface area contributed by atoms with E-state index in [0.717, 1.165) is 0 Å². The molecule has 24 heavy (non-hydrogen) atoms. The topological polar surface area (TPSA) is 79.9 Å². The van der Waals surface area contributed by atoms with Crippen molar-refractivity contribution in [2.45, 2.75) is 18.7 Å². The Morgan fingerprint density at radius 1 is 1.33 bits per heavy atom. The SMILES string of the molecule is CCNC(=S)Nc1cc(S(=O)(=O)N2CCOCC2)ccc1OCC. The van der Waals surface area contributed by atoms with Gasteiger partial charge in [-0.3, -0.25) is 0 Å². The molecule has 9 heteroatoms. The van der Waals surface area contributed by atoms with Crippen molar-refractivity contribution in [2.24, 2.45) is 0 Å². The molecule has 1 heterocycles. The highest BCUT2D eigenvalue weighted by molar-refractivity contribution is 7.89. The zero-order valence-electron chi connectivity index (χ0n) is 13.9. The number of anilines is 1. The summed E-state index contributed by atoms with van der Waals surface area (Å²) in [5.74, 6) is 0.554. The van der Waals surface area contributed by atoms with Crippen LogP contribution in [0.25, 0.3) is 0 Å². The third-order valence-electron chi connectivity index (χ3n) is 3.44. The highest BCUT2D eigenvalue weighted by atomic mass is 32.2. The van der Waals surface area contributed by atoms with Crippen LogP contribution in [-0.2, 0) is 14.8 Å². The van der Waals surface area contributed by atoms with Crippen LogP contribution in [0, 0.1) is 0 Å². The Hall–Kier alpha value is -1.42. The first-order valence-corrected chi connectivity index (χ1v) is 9.73. The van der Waals surface area contributed by atoms with E-state index in [2.05, 4.69) is 10.6 Å². The molecule has 1 aromatic rings. The van der Waals surface area contributed by atoms with E-state index < -0.39 is 10.0 Å². The average Bonchev–Trinajstić information content (AvgIpc) is 2.57. The molecule has 1 aromatic carbocycles. The van der Waals surface area contributed by atoms with Gasteiger partial charge in [-0.15, -0.1) is 0 Å². The molecule has 0 unspecified atom stereocenters. The molecule has 0 atom stereocenters. The molecule has 0 radical (unpaired) electrons. The lowest BCUT2D eigenvalue weighted by atomic mass is 10.3. The van der Waals surface area contributed by atoms with Crippen molar-refractivity contribution in [1.29, 1.82) is 0 Å². The highest BCUT2D eigenvalue weighted by Crippen LogP contribution is 2.29. The average molecular weight is 374 g/mol. The van der Waals surface area contributed by atoms with E-state index in [1.165, 1.54) is 4.31 Å². The Bertz CT molecular complexity index is 673. The van der Waals surface area contributed by atoms with Gasteiger partial charge in [0, 0.05) is 19.6 Å². The van der Waals surface area contributed by atoms with E-state index in [1.54, 1.807) is 18.2 Å². The molecule has 0 aromatic heterocycles. The molecule has 7 nitrogen and oxygen atoms in total. The zero-order chi connectivity index (χ0) is 17.6. The zero-order valence-corrected chi connectivity index (χ0v) is 15.5. The lowest BCUT2D eigenvalue weighted by molar-refractivity contribution is 0.0730. The Morgan fingerprint density at radius 3 is 2.67 bits per heavy atom. The van der Waals surface area contributed by atoms with Gasteiger partial charge in [-0.2, -0.15) is 4.31 Å². The van der Waals surface area contributed by atoms with Gasteiger partial charge in [-0.1, -0.05) is 0 Å². The van der Waals surface area contributed by atoms with Crippen molar-refractivity contribution >= 4 is 33.0 Å². The second-order valence-corrected chi connectivity index (χ2v) is 7.44. The number of benzene rings is 1. The Balaban J connectivity index is 2.31. The molecule has 2 rings (SSSR count). The van der Waals surface area contributed by atoms with Crippen LogP contribution < -0.4 is 15.4 Å². The highest BCUT2D eigenvalue weighted by Gasteiger charge is 2.27. The quantitative estimate of drug-likeness (QED) is 0.730. The molecule has 0 spiro atoms. The monoisotopic (exact) mass is 373 g/mol. The fourth-order valence-electron chi connectivity index (χ4n) is 2.31. The number of nitrogens with one attached hydrogen (secondary N) is 2. The number of nitrogens with zero attached hydrogens (tertiary/aromatic N) is 1. The van der Waals surface area contributed by atoms with E-state index in [9.17, 15) is 8.42 Å².